The van der Waals surface area contributed by atoms with Crippen LogP contribution in [0.5, 0.6) is 5.75 Å². The summed E-state index contributed by atoms with van der Waals surface area (Å²) in [5.74, 6) is 0.570. The second-order valence-electron chi connectivity index (χ2n) is 7.76. The second-order valence-corrected chi connectivity index (χ2v) is 7.76. The van der Waals surface area contributed by atoms with Crippen LogP contribution in [0, 0.1) is 0 Å². The number of ether oxygens (including phenoxy) is 1. The maximum atomic E-state index is 12.5. The first-order valence-corrected chi connectivity index (χ1v) is 10.1. The maximum absolute atomic E-state index is 12.5. The van der Waals surface area contributed by atoms with Crippen molar-refractivity contribution in [3.05, 3.63) is 29.8 Å². The van der Waals surface area contributed by atoms with Crippen molar-refractivity contribution in [2.75, 3.05) is 19.7 Å². The topological polar surface area (TPSA) is 70.7 Å². The molecule has 0 bridgehead atoms. The Balaban J connectivity index is 1.50. The monoisotopic (exact) mass is 373 g/mol. The zero-order valence-corrected chi connectivity index (χ0v) is 16.4. The molecular formula is C21H31N3O3. The van der Waals surface area contributed by atoms with Gasteiger partial charge in [-0.15, -0.1) is 0 Å². The summed E-state index contributed by atoms with van der Waals surface area (Å²) >= 11 is 0. The molecule has 2 fully saturated rings. The lowest BCUT2D eigenvalue weighted by atomic mass is 9.97. The summed E-state index contributed by atoms with van der Waals surface area (Å²) in [6, 6.07) is 7.73. The third-order valence-electron chi connectivity index (χ3n) is 5.59. The van der Waals surface area contributed by atoms with Crippen LogP contribution in [0.4, 0.5) is 0 Å². The highest BCUT2D eigenvalue weighted by Gasteiger charge is 2.29. The van der Waals surface area contributed by atoms with Gasteiger partial charge in [0.1, 0.15) is 5.75 Å². The summed E-state index contributed by atoms with van der Waals surface area (Å²) in [6.07, 6.45) is 5.37. The van der Waals surface area contributed by atoms with E-state index in [1.807, 2.05) is 4.90 Å². The van der Waals surface area contributed by atoms with E-state index in [1.165, 1.54) is 6.42 Å². The summed E-state index contributed by atoms with van der Waals surface area (Å²) in [5.41, 5.74) is 0.609. The molecular weight excluding hydrogens is 342 g/mol. The van der Waals surface area contributed by atoms with Crippen molar-refractivity contribution in [3.63, 3.8) is 0 Å². The number of nitrogens with one attached hydrogen (secondary N) is 2. The van der Waals surface area contributed by atoms with E-state index in [0.717, 1.165) is 38.8 Å². The Morgan fingerprint density at radius 2 is 1.81 bits per heavy atom. The van der Waals surface area contributed by atoms with Crippen molar-refractivity contribution in [1.82, 2.24) is 15.5 Å². The number of benzene rings is 1. The lowest BCUT2D eigenvalue weighted by molar-refractivity contribution is -0.139. The first-order chi connectivity index (χ1) is 13.0. The number of carbonyl (C=O) groups excluding carboxylic acids is 2. The molecule has 0 aliphatic carbocycles. The average molecular weight is 373 g/mol. The molecule has 0 aromatic heterocycles. The smallest absolute Gasteiger partial charge is 0.260 e. The second kappa shape index (κ2) is 9.22. The van der Waals surface area contributed by atoms with E-state index in [9.17, 15) is 9.59 Å². The summed E-state index contributed by atoms with van der Waals surface area (Å²) in [4.78, 5) is 26.8. The zero-order chi connectivity index (χ0) is 19.2. The molecule has 2 N–H and O–H groups in total. The normalized spacial score (nSPS) is 25.7. The van der Waals surface area contributed by atoms with Gasteiger partial charge < -0.3 is 20.3 Å². The molecule has 6 heteroatoms. The Hall–Kier alpha value is -2.08. The van der Waals surface area contributed by atoms with Gasteiger partial charge in [-0.3, -0.25) is 9.59 Å². The van der Waals surface area contributed by atoms with E-state index in [2.05, 4.69) is 24.5 Å². The van der Waals surface area contributed by atoms with Gasteiger partial charge in [-0.2, -0.15) is 0 Å². The maximum Gasteiger partial charge on any atom is 0.260 e. The molecule has 2 unspecified atom stereocenters. The van der Waals surface area contributed by atoms with Gasteiger partial charge in [0.2, 0.25) is 0 Å². The number of piperidine rings is 2. The lowest BCUT2D eigenvalue weighted by Crippen LogP contribution is -2.49. The van der Waals surface area contributed by atoms with Crippen LogP contribution in [0.3, 0.4) is 0 Å². The Kier molecular flexibility index (Phi) is 6.72. The van der Waals surface area contributed by atoms with Crippen LogP contribution in [0.15, 0.2) is 24.3 Å². The van der Waals surface area contributed by atoms with Crippen molar-refractivity contribution in [2.24, 2.45) is 0 Å². The minimum Gasteiger partial charge on any atom is -0.484 e. The third-order valence-corrected chi connectivity index (χ3v) is 5.59. The Morgan fingerprint density at radius 3 is 2.44 bits per heavy atom. The lowest BCUT2D eigenvalue weighted by Gasteiger charge is -2.38. The molecule has 2 amide bonds. The third kappa shape index (κ3) is 5.22. The molecule has 2 aliphatic rings. The van der Waals surface area contributed by atoms with Crippen LogP contribution in [0.25, 0.3) is 0 Å². The van der Waals surface area contributed by atoms with Crippen LogP contribution in [-0.2, 0) is 4.79 Å². The van der Waals surface area contributed by atoms with Crippen LogP contribution in [-0.4, -0.2) is 54.5 Å². The number of rotatable bonds is 5. The number of hydrogen-bond donors (Lipinski definition) is 2. The highest BCUT2D eigenvalue weighted by Crippen LogP contribution is 2.23. The van der Waals surface area contributed by atoms with E-state index in [-0.39, 0.29) is 36.5 Å². The quantitative estimate of drug-likeness (QED) is 0.831. The molecule has 3 atom stereocenters. The van der Waals surface area contributed by atoms with Crippen molar-refractivity contribution in [1.29, 1.82) is 0 Å². The fourth-order valence-corrected chi connectivity index (χ4v) is 4.08. The first kappa shape index (κ1) is 19.7. The molecule has 148 valence electrons. The van der Waals surface area contributed by atoms with Gasteiger partial charge in [-0.05, 0) is 76.8 Å². The molecule has 2 heterocycles. The van der Waals surface area contributed by atoms with E-state index in [0.29, 0.717) is 11.3 Å². The minimum absolute atomic E-state index is 0.0290. The molecule has 0 saturated carbocycles. The summed E-state index contributed by atoms with van der Waals surface area (Å²) in [6.45, 7) is 6.08. The van der Waals surface area contributed by atoms with Gasteiger partial charge in [-0.1, -0.05) is 0 Å². The van der Waals surface area contributed by atoms with Crippen molar-refractivity contribution in [3.8, 4) is 5.75 Å². The standard InChI is InChI=1S/C21H31N3O3/c1-15-5-3-6-16(2)24(15)20(25)14-27-19-10-8-17(9-11-19)21(26)23-18-7-4-12-22-13-18/h8-11,15-16,18,22H,3-7,12-14H2,1-2H3,(H,23,26)/t15?,16?,18-/m0/s1. The van der Waals surface area contributed by atoms with Crippen molar-refractivity contribution in [2.45, 2.75) is 64.1 Å². The largest absolute Gasteiger partial charge is 0.484 e. The van der Waals surface area contributed by atoms with E-state index < -0.39 is 0 Å². The number of carbonyl (C=O) groups is 2. The van der Waals surface area contributed by atoms with Gasteiger partial charge in [0.25, 0.3) is 11.8 Å². The first-order valence-electron chi connectivity index (χ1n) is 10.1. The molecule has 0 radical (unpaired) electrons. The van der Waals surface area contributed by atoms with E-state index >= 15 is 0 Å². The Bertz CT molecular complexity index is 631. The molecule has 1 aromatic rings. The van der Waals surface area contributed by atoms with Gasteiger partial charge in [0.15, 0.2) is 6.61 Å². The van der Waals surface area contributed by atoms with Crippen LogP contribution in [0.1, 0.15) is 56.3 Å². The molecule has 1 aromatic carbocycles. The number of hydrogen-bond acceptors (Lipinski definition) is 4. The molecule has 0 spiro atoms. The Labute approximate surface area is 161 Å². The number of amides is 2. The summed E-state index contributed by atoms with van der Waals surface area (Å²) < 4.78 is 5.67. The predicted octanol–water partition coefficient (Wildman–Crippen LogP) is 2.34. The fraction of sp³-hybridized carbons (Fsp3) is 0.619. The summed E-state index contributed by atoms with van der Waals surface area (Å²) in [5, 5.41) is 6.35. The molecule has 6 nitrogen and oxygen atoms in total. The highest BCUT2D eigenvalue weighted by atomic mass is 16.5. The van der Waals surface area contributed by atoms with E-state index in [4.69, 9.17) is 4.74 Å². The van der Waals surface area contributed by atoms with Crippen molar-refractivity contribution >= 4 is 11.8 Å². The fourth-order valence-electron chi connectivity index (χ4n) is 4.08. The predicted molar refractivity (Wildman–Crippen MR) is 105 cm³/mol. The van der Waals surface area contributed by atoms with Gasteiger partial charge >= 0.3 is 0 Å². The Morgan fingerprint density at radius 1 is 1.11 bits per heavy atom. The zero-order valence-electron chi connectivity index (χ0n) is 16.4. The van der Waals surface area contributed by atoms with Crippen LogP contribution >= 0.6 is 0 Å². The molecule has 2 aliphatic heterocycles. The number of nitrogens with zero attached hydrogens (tertiary/aromatic N) is 1. The average Bonchev–Trinajstić information content (AvgIpc) is 2.67. The molecule has 27 heavy (non-hydrogen) atoms. The van der Waals surface area contributed by atoms with Gasteiger partial charge in [-0.25, -0.2) is 0 Å². The highest BCUT2D eigenvalue weighted by molar-refractivity contribution is 5.94. The summed E-state index contributed by atoms with van der Waals surface area (Å²) in [7, 11) is 0. The van der Waals surface area contributed by atoms with Crippen LogP contribution < -0.4 is 15.4 Å². The number of likely N-dealkylation sites (tertiary alicyclic amines) is 1. The minimum atomic E-state index is -0.0673. The molecule has 3 rings (SSSR count). The van der Waals surface area contributed by atoms with E-state index in [1.54, 1.807) is 24.3 Å². The van der Waals surface area contributed by atoms with Gasteiger partial charge in [0, 0.05) is 30.2 Å². The van der Waals surface area contributed by atoms with Crippen molar-refractivity contribution < 1.29 is 14.3 Å². The SMILES string of the molecule is CC1CCCC(C)N1C(=O)COc1ccc(C(=O)N[C@H]2CCCNC2)cc1. The van der Waals surface area contributed by atoms with Crippen LogP contribution in [0.2, 0.25) is 0 Å². The van der Waals surface area contributed by atoms with Gasteiger partial charge in [0.05, 0.1) is 0 Å². The molecule has 2 saturated heterocycles.